The van der Waals surface area contributed by atoms with Crippen LogP contribution in [0.1, 0.15) is 10.4 Å². The largest absolute Gasteiger partial charge is 0.494 e. The third kappa shape index (κ3) is 3.86. The van der Waals surface area contributed by atoms with E-state index in [0.717, 1.165) is 19.2 Å². The normalized spacial score (nSPS) is 11.2. The third-order valence-electron chi connectivity index (χ3n) is 2.20. The number of aromatic carboxylic acids is 1. The molecule has 0 aliphatic rings. The molecule has 0 fully saturated rings. The number of carboxylic acid groups (broad SMARTS) is 1. The van der Waals surface area contributed by atoms with Crippen LogP contribution in [-0.4, -0.2) is 33.1 Å². The van der Waals surface area contributed by atoms with E-state index in [9.17, 15) is 13.2 Å². The minimum absolute atomic E-state index is 0.0479. The molecule has 6 nitrogen and oxygen atoms in total. The molecule has 1 aromatic rings. The molecule has 0 aliphatic heterocycles. The van der Waals surface area contributed by atoms with Crippen LogP contribution in [0.5, 0.6) is 5.75 Å². The van der Waals surface area contributed by atoms with Crippen molar-refractivity contribution in [1.82, 2.24) is 4.72 Å². The molecule has 0 radical (unpaired) electrons. The van der Waals surface area contributed by atoms with E-state index < -0.39 is 16.0 Å². The van der Waals surface area contributed by atoms with E-state index in [1.165, 1.54) is 0 Å². The maximum absolute atomic E-state index is 12.1. The Morgan fingerprint density at radius 3 is 2.55 bits per heavy atom. The fourth-order valence-electron chi connectivity index (χ4n) is 1.39. The zero-order valence-corrected chi connectivity index (χ0v) is 12.6. The average molecular weight is 340 g/mol. The van der Waals surface area contributed by atoms with Gasteiger partial charge in [-0.25, -0.2) is 17.9 Å². The van der Waals surface area contributed by atoms with E-state index in [1.807, 2.05) is 0 Å². The van der Waals surface area contributed by atoms with Gasteiger partial charge in [0.05, 0.1) is 7.11 Å². The van der Waals surface area contributed by atoms with Crippen molar-refractivity contribution in [3.63, 3.8) is 0 Å². The van der Waals surface area contributed by atoms with Gasteiger partial charge in [-0.3, -0.25) is 0 Å². The van der Waals surface area contributed by atoms with Gasteiger partial charge in [0.1, 0.15) is 10.5 Å². The Kier molecular flexibility index (Phi) is 5.41. The maximum atomic E-state index is 12.1. The lowest BCUT2D eigenvalue weighted by Crippen LogP contribution is -2.25. The molecule has 0 saturated heterocycles. The maximum Gasteiger partial charge on any atom is 0.339 e. The van der Waals surface area contributed by atoms with Crippen LogP contribution in [0.2, 0.25) is 5.02 Å². The van der Waals surface area contributed by atoms with Crippen molar-refractivity contribution in [3.05, 3.63) is 34.3 Å². The van der Waals surface area contributed by atoms with Crippen molar-refractivity contribution in [1.29, 1.82) is 0 Å². The van der Waals surface area contributed by atoms with Crippen LogP contribution in [-0.2, 0) is 10.0 Å². The standard InChI is InChI=1S/C11H11Cl2NO5S/c1-6(12)5-14-20(17,18)9-4-7(13)3-8(11(15)16)10(9)19-2/h3-4,14H,1,5H2,2H3,(H,15,16). The van der Waals surface area contributed by atoms with Crippen LogP contribution in [0.25, 0.3) is 0 Å². The second kappa shape index (κ2) is 6.45. The highest BCUT2D eigenvalue weighted by Gasteiger charge is 2.25. The first kappa shape index (κ1) is 16.8. The number of carboxylic acids is 1. The molecule has 0 unspecified atom stereocenters. The quantitative estimate of drug-likeness (QED) is 0.827. The summed E-state index contributed by atoms with van der Waals surface area (Å²) in [5, 5.41) is 9.07. The Labute approximate surface area is 126 Å². The van der Waals surface area contributed by atoms with E-state index in [-0.39, 0.29) is 32.8 Å². The lowest BCUT2D eigenvalue weighted by molar-refractivity contribution is 0.0693. The van der Waals surface area contributed by atoms with Crippen LogP contribution < -0.4 is 9.46 Å². The minimum Gasteiger partial charge on any atom is -0.494 e. The van der Waals surface area contributed by atoms with E-state index in [2.05, 4.69) is 11.3 Å². The zero-order chi connectivity index (χ0) is 15.5. The second-order valence-electron chi connectivity index (χ2n) is 3.63. The number of sulfonamides is 1. The summed E-state index contributed by atoms with van der Waals surface area (Å²) in [5.41, 5.74) is -0.356. The smallest absolute Gasteiger partial charge is 0.339 e. The number of benzene rings is 1. The van der Waals surface area contributed by atoms with Gasteiger partial charge in [0.15, 0.2) is 5.75 Å². The van der Waals surface area contributed by atoms with Crippen LogP contribution in [0.4, 0.5) is 0 Å². The number of ether oxygens (including phenoxy) is 1. The van der Waals surface area contributed by atoms with Crippen LogP contribution in [0.15, 0.2) is 28.6 Å². The summed E-state index contributed by atoms with van der Waals surface area (Å²) >= 11 is 11.2. The molecule has 0 saturated carbocycles. The summed E-state index contributed by atoms with van der Waals surface area (Å²) in [6, 6.07) is 2.19. The number of rotatable bonds is 6. The Balaban J connectivity index is 3.43. The molecule has 0 spiro atoms. The Hall–Kier alpha value is -1.28. The molecular weight excluding hydrogens is 329 g/mol. The van der Waals surface area contributed by atoms with Crippen LogP contribution in [0.3, 0.4) is 0 Å². The number of methoxy groups -OCH3 is 1. The highest BCUT2D eigenvalue weighted by molar-refractivity contribution is 7.89. The molecule has 2 N–H and O–H groups in total. The van der Waals surface area contributed by atoms with Crippen molar-refractivity contribution in [2.75, 3.05) is 13.7 Å². The predicted molar refractivity (Wildman–Crippen MR) is 75.1 cm³/mol. The monoisotopic (exact) mass is 339 g/mol. The number of carbonyl (C=O) groups is 1. The first-order valence-corrected chi connectivity index (χ1v) is 7.36. The van der Waals surface area contributed by atoms with Crippen molar-refractivity contribution in [2.24, 2.45) is 0 Å². The number of nitrogens with one attached hydrogen (secondary N) is 1. The van der Waals surface area contributed by atoms with Crippen LogP contribution in [0, 0.1) is 0 Å². The van der Waals surface area contributed by atoms with Gasteiger partial charge in [-0.1, -0.05) is 29.8 Å². The van der Waals surface area contributed by atoms with Crippen molar-refractivity contribution in [3.8, 4) is 5.75 Å². The van der Waals surface area contributed by atoms with Gasteiger partial charge >= 0.3 is 5.97 Å². The molecule has 1 aromatic carbocycles. The molecule has 0 bridgehead atoms. The summed E-state index contributed by atoms with van der Waals surface area (Å²) in [6.45, 7) is 3.14. The van der Waals surface area contributed by atoms with E-state index in [0.29, 0.717) is 0 Å². The van der Waals surface area contributed by atoms with Crippen molar-refractivity contribution in [2.45, 2.75) is 4.90 Å². The van der Waals surface area contributed by atoms with Crippen molar-refractivity contribution < 1.29 is 23.1 Å². The summed E-state index contributed by atoms with van der Waals surface area (Å²) < 4.78 is 31.2. The fraction of sp³-hybridized carbons (Fsp3) is 0.182. The van der Waals surface area contributed by atoms with Gasteiger partial charge < -0.3 is 9.84 Å². The van der Waals surface area contributed by atoms with E-state index in [4.69, 9.17) is 33.0 Å². The van der Waals surface area contributed by atoms with E-state index >= 15 is 0 Å². The highest BCUT2D eigenvalue weighted by Crippen LogP contribution is 2.31. The van der Waals surface area contributed by atoms with Gasteiger partial charge in [-0.15, -0.1) is 0 Å². The van der Waals surface area contributed by atoms with Gasteiger partial charge in [-0.05, 0) is 12.1 Å². The molecule has 9 heteroatoms. The Morgan fingerprint density at radius 1 is 1.50 bits per heavy atom. The Morgan fingerprint density at radius 2 is 2.10 bits per heavy atom. The first-order chi connectivity index (χ1) is 9.19. The Bertz CT molecular complexity index is 657. The lowest BCUT2D eigenvalue weighted by Gasteiger charge is -2.13. The number of hydrogen-bond donors (Lipinski definition) is 2. The molecule has 0 heterocycles. The molecule has 1 rings (SSSR count). The predicted octanol–water partition coefficient (Wildman–Crippen LogP) is 2.08. The lowest BCUT2D eigenvalue weighted by atomic mass is 10.2. The highest BCUT2D eigenvalue weighted by atomic mass is 35.5. The molecule has 20 heavy (non-hydrogen) atoms. The topological polar surface area (TPSA) is 92.7 Å². The SMILES string of the molecule is C=C(Cl)CNS(=O)(=O)c1cc(Cl)cc(C(=O)O)c1OC. The molecule has 0 amide bonds. The zero-order valence-electron chi connectivity index (χ0n) is 10.3. The second-order valence-corrected chi connectivity index (χ2v) is 6.34. The first-order valence-electron chi connectivity index (χ1n) is 5.13. The third-order valence-corrected chi connectivity index (χ3v) is 3.96. The fourth-order valence-corrected chi connectivity index (χ4v) is 3.06. The molecule has 110 valence electrons. The van der Waals surface area contributed by atoms with Gasteiger partial charge in [0.2, 0.25) is 10.0 Å². The van der Waals surface area contributed by atoms with Gasteiger partial charge in [-0.2, -0.15) is 0 Å². The number of hydrogen-bond acceptors (Lipinski definition) is 4. The number of halogens is 2. The minimum atomic E-state index is -4.04. The van der Waals surface area contributed by atoms with Crippen molar-refractivity contribution >= 4 is 39.2 Å². The summed E-state index contributed by atoms with van der Waals surface area (Å²) in [7, 11) is -2.88. The van der Waals surface area contributed by atoms with Crippen LogP contribution >= 0.6 is 23.2 Å². The summed E-state index contributed by atoms with van der Waals surface area (Å²) in [5.74, 6) is -1.67. The summed E-state index contributed by atoms with van der Waals surface area (Å²) in [4.78, 5) is 10.7. The molecule has 0 aromatic heterocycles. The van der Waals surface area contributed by atoms with E-state index in [1.54, 1.807) is 0 Å². The average Bonchev–Trinajstić information content (AvgIpc) is 2.35. The molecule has 0 atom stereocenters. The molecule has 0 aliphatic carbocycles. The van der Waals surface area contributed by atoms with Gasteiger partial charge in [0.25, 0.3) is 0 Å². The van der Waals surface area contributed by atoms with Gasteiger partial charge in [0, 0.05) is 16.6 Å². The summed E-state index contributed by atoms with van der Waals surface area (Å²) in [6.07, 6.45) is 0. The molecular formula is C11H11Cl2NO5S.